The van der Waals surface area contributed by atoms with E-state index in [1.165, 1.54) is 18.4 Å². The van der Waals surface area contributed by atoms with Crippen molar-refractivity contribution in [1.29, 1.82) is 0 Å². The van der Waals surface area contributed by atoms with Gasteiger partial charge >= 0.3 is 0 Å². The molecule has 0 atom stereocenters. The lowest BCUT2D eigenvalue weighted by molar-refractivity contribution is 0.346. The minimum atomic E-state index is 0.325. The maximum absolute atomic E-state index is 3.55. The highest BCUT2D eigenvalue weighted by Gasteiger charge is 2.16. The van der Waals surface area contributed by atoms with Gasteiger partial charge in [-0.25, -0.2) is 0 Å². The predicted molar refractivity (Wildman–Crippen MR) is 56.4 cm³/mol. The standard InChI is InChI=1S/C11H23N/c1-6-11(5,7-2)12-9-8-10(3)4/h8,12H,6-7,9H2,1-5H3. The van der Waals surface area contributed by atoms with Crippen LogP contribution in [0.5, 0.6) is 0 Å². The lowest BCUT2D eigenvalue weighted by Crippen LogP contribution is -2.41. The second kappa shape index (κ2) is 5.36. The van der Waals surface area contributed by atoms with E-state index >= 15 is 0 Å². The Balaban J connectivity index is 3.81. The smallest absolute Gasteiger partial charge is 0.0151 e. The van der Waals surface area contributed by atoms with Gasteiger partial charge in [-0.05, 0) is 33.6 Å². The molecule has 0 saturated heterocycles. The fourth-order valence-corrected chi connectivity index (χ4v) is 1.00. The summed E-state index contributed by atoms with van der Waals surface area (Å²) >= 11 is 0. The van der Waals surface area contributed by atoms with Gasteiger partial charge in [0.2, 0.25) is 0 Å². The fraction of sp³-hybridized carbons (Fsp3) is 0.818. The molecule has 0 heterocycles. The Labute approximate surface area is 77.2 Å². The van der Waals surface area contributed by atoms with E-state index in [-0.39, 0.29) is 0 Å². The van der Waals surface area contributed by atoms with Crippen molar-refractivity contribution in [2.75, 3.05) is 6.54 Å². The Morgan fingerprint density at radius 3 is 2.08 bits per heavy atom. The molecule has 72 valence electrons. The van der Waals surface area contributed by atoms with Crippen LogP contribution in [0.1, 0.15) is 47.5 Å². The minimum Gasteiger partial charge on any atom is -0.308 e. The molecule has 0 aliphatic rings. The zero-order valence-corrected chi connectivity index (χ0v) is 9.20. The highest BCUT2D eigenvalue weighted by atomic mass is 14.9. The van der Waals surface area contributed by atoms with Crippen molar-refractivity contribution in [3.63, 3.8) is 0 Å². The first-order valence-corrected chi connectivity index (χ1v) is 4.92. The molecule has 1 heteroatoms. The second-order valence-electron chi connectivity index (χ2n) is 3.93. The molecular weight excluding hydrogens is 146 g/mol. The van der Waals surface area contributed by atoms with Gasteiger partial charge in [-0.3, -0.25) is 0 Å². The van der Waals surface area contributed by atoms with E-state index in [0.29, 0.717) is 5.54 Å². The summed E-state index contributed by atoms with van der Waals surface area (Å²) in [6, 6.07) is 0. The summed E-state index contributed by atoms with van der Waals surface area (Å²) in [5.74, 6) is 0. The first-order chi connectivity index (χ1) is 5.54. The molecule has 1 N–H and O–H groups in total. The van der Waals surface area contributed by atoms with Crippen molar-refractivity contribution in [1.82, 2.24) is 5.32 Å². The van der Waals surface area contributed by atoms with E-state index in [4.69, 9.17) is 0 Å². The highest BCUT2D eigenvalue weighted by Crippen LogP contribution is 2.12. The SMILES string of the molecule is CCC(C)(CC)NCC=C(C)C. The van der Waals surface area contributed by atoms with Crippen LogP contribution < -0.4 is 5.32 Å². The number of nitrogens with one attached hydrogen (secondary N) is 1. The fourth-order valence-electron chi connectivity index (χ4n) is 1.00. The van der Waals surface area contributed by atoms with Gasteiger partial charge in [-0.2, -0.15) is 0 Å². The average molecular weight is 169 g/mol. The summed E-state index contributed by atoms with van der Waals surface area (Å²) in [6.07, 6.45) is 4.63. The molecule has 0 aromatic rings. The van der Waals surface area contributed by atoms with Crippen molar-refractivity contribution in [3.05, 3.63) is 11.6 Å². The molecule has 0 saturated carbocycles. The van der Waals surface area contributed by atoms with E-state index in [2.05, 4.69) is 46.0 Å². The number of hydrogen-bond donors (Lipinski definition) is 1. The van der Waals surface area contributed by atoms with Gasteiger partial charge in [0.15, 0.2) is 0 Å². The van der Waals surface area contributed by atoms with Gasteiger partial charge in [0, 0.05) is 12.1 Å². The monoisotopic (exact) mass is 169 g/mol. The molecule has 0 aromatic carbocycles. The largest absolute Gasteiger partial charge is 0.308 e. The van der Waals surface area contributed by atoms with Gasteiger partial charge in [0.25, 0.3) is 0 Å². The average Bonchev–Trinajstić information content (AvgIpc) is 2.03. The Bertz CT molecular complexity index is 139. The van der Waals surface area contributed by atoms with Crippen LogP contribution >= 0.6 is 0 Å². The van der Waals surface area contributed by atoms with Gasteiger partial charge in [0.05, 0.1) is 0 Å². The van der Waals surface area contributed by atoms with Crippen LogP contribution in [-0.4, -0.2) is 12.1 Å². The predicted octanol–water partition coefficient (Wildman–Crippen LogP) is 3.12. The molecular formula is C11H23N. The third kappa shape index (κ3) is 4.55. The number of hydrogen-bond acceptors (Lipinski definition) is 1. The number of rotatable bonds is 5. The maximum Gasteiger partial charge on any atom is 0.0151 e. The molecule has 0 radical (unpaired) electrons. The van der Waals surface area contributed by atoms with Crippen LogP contribution in [0.3, 0.4) is 0 Å². The molecule has 0 amide bonds. The van der Waals surface area contributed by atoms with Crippen molar-refractivity contribution >= 4 is 0 Å². The summed E-state index contributed by atoms with van der Waals surface area (Å²) in [5, 5.41) is 3.55. The van der Waals surface area contributed by atoms with Gasteiger partial charge < -0.3 is 5.32 Å². The Morgan fingerprint density at radius 1 is 1.25 bits per heavy atom. The van der Waals surface area contributed by atoms with E-state index in [1.54, 1.807) is 0 Å². The van der Waals surface area contributed by atoms with Crippen molar-refractivity contribution in [2.24, 2.45) is 0 Å². The number of allylic oxidation sites excluding steroid dienone is 1. The summed E-state index contributed by atoms with van der Waals surface area (Å²) < 4.78 is 0. The highest BCUT2D eigenvalue weighted by molar-refractivity contribution is 4.96. The molecule has 1 nitrogen and oxygen atoms in total. The summed E-state index contributed by atoms with van der Waals surface area (Å²) in [7, 11) is 0. The molecule has 0 fully saturated rings. The first kappa shape index (κ1) is 11.7. The molecule has 12 heavy (non-hydrogen) atoms. The van der Waals surface area contributed by atoms with E-state index < -0.39 is 0 Å². The van der Waals surface area contributed by atoms with Crippen LogP contribution in [0.25, 0.3) is 0 Å². The topological polar surface area (TPSA) is 12.0 Å². The van der Waals surface area contributed by atoms with Crippen molar-refractivity contribution in [2.45, 2.75) is 53.0 Å². The van der Waals surface area contributed by atoms with Crippen molar-refractivity contribution < 1.29 is 0 Å². The van der Waals surface area contributed by atoms with Gasteiger partial charge in [-0.1, -0.05) is 25.5 Å². The third-order valence-electron chi connectivity index (χ3n) is 2.60. The summed E-state index contributed by atoms with van der Waals surface area (Å²) in [4.78, 5) is 0. The molecule has 0 bridgehead atoms. The molecule has 0 rings (SSSR count). The zero-order chi connectivity index (χ0) is 9.61. The minimum absolute atomic E-state index is 0.325. The van der Waals surface area contributed by atoms with Crippen LogP contribution in [0.15, 0.2) is 11.6 Å². The molecule has 0 spiro atoms. The van der Waals surface area contributed by atoms with Crippen LogP contribution in [-0.2, 0) is 0 Å². The van der Waals surface area contributed by atoms with E-state index in [9.17, 15) is 0 Å². The molecule has 0 aliphatic heterocycles. The van der Waals surface area contributed by atoms with E-state index in [1.807, 2.05) is 0 Å². The lowest BCUT2D eigenvalue weighted by atomic mass is 9.95. The summed E-state index contributed by atoms with van der Waals surface area (Å²) in [6.45, 7) is 12.0. The van der Waals surface area contributed by atoms with Crippen LogP contribution in [0.2, 0.25) is 0 Å². The molecule has 0 aromatic heterocycles. The quantitative estimate of drug-likeness (QED) is 0.623. The zero-order valence-electron chi connectivity index (χ0n) is 9.20. The van der Waals surface area contributed by atoms with Gasteiger partial charge in [-0.15, -0.1) is 0 Å². The first-order valence-electron chi connectivity index (χ1n) is 4.92. The normalized spacial score (nSPS) is 11.4. The molecule has 0 unspecified atom stereocenters. The van der Waals surface area contributed by atoms with Gasteiger partial charge in [0.1, 0.15) is 0 Å². The van der Waals surface area contributed by atoms with Crippen LogP contribution in [0, 0.1) is 0 Å². The Morgan fingerprint density at radius 2 is 1.75 bits per heavy atom. The van der Waals surface area contributed by atoms with Crippen molar-refractivity contribution in [3.8, 4) is 0 Å². The lowest BCUT2D eigenvalue weighted by Gasteiger charge is -2.27. The third-order valence-corrected chi connectivity index (χ3v) is 2.60. The van der Waals surface area contributed by atoms with E-state index in [0.717, 1.165) is 6.54 Å². The Kier molecular flexibility index (Phi) is 5.23. The summed E-state index contributed by atoms with van der Waals surface area (Å²) in [5.41, 5.74) is 1.71. The second-order valence-corrected chi connectivity index (χ2v) is 3.93. The maximum atomic E-state index is 3.55. The molecule has 0 aliphatic carbocycles. The van der Waals surface area contributed by atoms with Crippen LogP contribution in [0.4, 0.5) is 0 Å². The Hall–Kier alpha value is -0.300.